The monoisotopic (exact) mass is 277 g/mol. The minimum absolute atomic E-state index is 0.348. The first kappa shape index (κ1) is 15.2. The summed E-state index contributed by atoms with van der Waals surface area (Å²) in [5.41, 5.74) is 7.93. The number of hydrogen-bond donors (Lipinski definition) is 1. The number of aryl methyl sites for hydroxylation is 1. The maximum atomic E-state index is 6.07. The summed E-state index contributed by atoms with van der Waals surface area (Å²) in [7, 11) is -0.392. The van der Waals surface area contributed by atoms with Crippen molar-refractivity contribution in [2.45, 2.75) is 52.7 Å². The normalized spacial score (nSPS) is 20.2. The maximum absolute atomic E-state index is 6.07. The zero-order valence-corrected chi connectivity index (χ0v) is 13.2. The van der Waals surface area contributed by atoms with E-state index >= 15 is 0 Å². The van der Waals surface area contributed by atoms with Crippen LogP contribution in [0.4, 0.5) is 5.69 Å². The highest BCUT2D eigenvalue weighted by Crippen LogP contribution is 2.37. The molecule has 0 saturated carbocycles. The molecule has 0 aliphatic carbocycles. The van der Waals surface area contributed by atoms with Crippen LogP contribution in [-0.2, 0) is 9.31 Å². The van der Waals surface area contributed by atoms with Gasteiger partial charge in [-0.1, -0.05) is 6.07 Å². The molecular formula is C15H24BNO3. The number of benzene rings is 1. The number of nitrogens with two attached hydrogens (primary N) is 1. The van der Waals surface area contributed by atoms with Crippen LogP contribution < -0.4 is 15.9 Å². The first-order valence-electron chi connectivity index (χ1n) is 7.06. The molecule has 110 valence electrons. The summed E-state index contributed by atoms with van der Waals surface area (Å²) in [5, 5.41) is 0. The van der Waals surface area contributed by atoms with E-state index in [0.717, 1.165) is 16.8 Å². The highest BCUT2D eigenvalue weighted by Gasteiger charge is 2.51. The van der Waals surface area contributed by atoms with Gasteiger partial charge in [0.2, 0.25) is 0 Å². The van der Waals surface area contributed by atoms with Crippen molar-refractivity contribution >= 4 is 18.3 Å². The minimum atomic E-state index is -0.392. The van der Waals surface area contributed by atoms with E-state index in [0.29, 0.717) is 12.3 Å². The van der Waals surface area contributed by atoms with Crippen molar-refractivity contribution in [2.24, 2.45) is 0 Å². The van der Waals surface area contributed by atoms with Crippen LogP contribution in [0.1, 0.15) is 40.2 Å². The van der Waals surface area contributed by atoms with E-state index in [1.54, 1.807) is 0 Å². The van der Waals surface area contributed by atoms with Crippen molar-refractivity contribution in [3.63, 3.8) is 0 Å². The summed E-state index contributed by atoms with van der Waals surface area (Å²) in [5.74, 6) is 0.743. The van der Waals surface area contributed by atoms with Crippen LogP contribution in [0.15, 0.2) is 12.1 Å². The summed E-state index contributed by atoms with van der Waals surface area (Å²) >= 11 is 0. The van der Waals surface area contributed by atoms with Crippen molar-refractivity contribution in [1.82, 2.24) is 0 Å². The van der Waals surface area contributed by atoms with Gasteiger partial charge in [-0.15, -0.1) is 0 Å². The van der Waals surface area contributed by atoms with Gasteiger partial charge >= 0.3 is 7.12 Å². The second-order valence-corrected chi connectivity index (χ2v) is 6.28. The molecule has 0 unspecified atom stereocenters. The van der Waals surface area contributed by atoms with Gasteiger partial charge in [0.05, 0.1) is 23.5 Å². The number of hydrogen-bond acceptors (Lipinski definition) is 4. The molecule has 4 nitrogen and oxygen atoms in total. The molecule has 1 fully saturated rings. The average molecular weight is 277 g/mol. The Balaban J connectivity index is 2.32. The largest absolute Gasteiger partial charge is 0.494 e. The lowest BCUT2D eigenvalue weighted by atomic mass is 9.78. The highest BCUT2D eigenvalue weighted by atomic mass is 16.7. The zero-order valence-electron chi connectivity index (χ0n) is 13.2. The Morgan fingerprint density at radius 1 is 1.15 bits per heavy atom. The lowest BCUT2D eigenvalue weighted by Gasteiger charge is -2.32. The Morgan fingerprint density at radius 3 is 2.15 bits per heavy atom. The Kier molecular flexibility index (Phi) is 3.78. The number of rotatable bonds is 3. The molecule has 1 aliphatic rings. The van der Waals surface area contributed by atoms with Crippen molar-refractivity contribution in [3.8, 4) is 5.75 Å². The fourth-order valence-corrected chi connectivity index (χ4v) is 2.29. The van der Waals surface area contributed by atoms with Crippen LogP contribution >= 0.6 is 0 Å². The molecule has 0 atom stereocenters. The van der Waals surface area contributed by atoms with Crippen LogP contribution in [-0.4, -0.2) is 24.9 Å². The lowest BCUT2D eigenvalue weighted by Crippen LogP contribution is -2.41. The molecule has 1 saturated heterocycles. The van der Waals surface area contributed by atoms with E-state index in [1.165, 1.54) is 0 Å². The Hall–Kier alpha value is -1.20. The lowest BCUT2D eigenvalue weighted by molar-refractivity contribution is 0.00578. The van der Waals surface area contributed by atoms with Crippen LogP contribution in [0.2, 0.25) is 0 Å². The van der Waals surface area contributed by atoms with E-state index in [2.05, 4.69) is 0 Å². The van der Waals surface area contributed by atoms with E-state index in [-0.39, 0.29) is 11.2 Å². The third kappa shape index (κ3) is 2.52. The molecule has 0 amide bonds. The molecule has 5 heteroatoms. The third-order valence-corrected chi connectivity index (χ3v) is 4.14. The standard InChI is InChI=1S/C15H24BNO3/c1-7-18-13-10(2)8-11(9-12(13)17)16-19-14(3,4)15(5,6)20-16/h8-9H,7,17H2,1-6H3. The van der Waals surface area contributed by atoms with Gasteiger partial charge in [-0.3, -0.25) is 0 Å². The van der Waals surface area contributed by atoms with Gasteiger partial charge in [-0.25, -0.2) is 0 Å². The second-order valence-electron chi connectivity index (χ2n) is 6.28. The zero-order chi connectivity index (χ0) is 15.1. The number of nitrogen functional groups attached to an aromatic ring is 1. The van der Waals surface area contributed by atoms with Crippen molar-refractivity contribution in [3.05, 3.63) is 17.7 Å². The number of ether oxygens (including phenoxy) is 1. The molecule has 1 aromatic carbocycles. The second kappa shape index (κ2) is 4.97. The van der Waals surface area contributed by atoms with Crippen molar-refractivity contribution in [1.29, 1.82) is 0 Å². The summed E-state index contributed by atoms with van der Waals surface area (Å²) in [4.78, 5) is 0. The summed E-state index contributed by atoms with van der Waals surface area (Å²) in [6.45, 7) is 12.7. The molecule has 2 rings (SSSR count). The molecule has 0 aromatic heterocycles. The Bertz CT molecular complexity index is 475. The van der Waals surface area contributed by atoms with Crippen molar-refractivity contribution in [2.75, 3.05) is 12.3 Å². The molecular weight excluding hydrogens is 253 g/mol. The van der Waals surface area contributed by atoms with E-state index in [4.69, 9.17) is 19.8 Å². The summed E-state index contributed by atoms with van der Waals surface area (Å²) < 4.78 is 17.6. The van der Waals surface area contributed by atoms with Gasteiger partial charge in [0.15, 0.2) is 0 Å². The van der Waals surface area contributed by atoms with Gasteiger partial charge < -0.3 is 19.8 Å². The first-order valence-corrected chi connectivity index (χ1v) is 7.06. The number of anilines is 1. The van der Waals surface area contributed by atoms with Crippen molar-refractivity contribution < 1.29 is 14.0 Å². The topological polar surface area (TPSA) is 53.7 Å². The summed E-state index contributed by atoms with van der Waals surface area (Å²) in [6.07, 6.45) is 0. The maximum Gasteiger partial charge on any atom is 0.494 e. The quantitative estimate of drug-likeness (QED) is 0.680. The molecule has 1 heterocycles. The minimum Gasteiger partial charge on any atom is -0.491 e. The SMILES string of the molecule is CCOc1c(C)cc(B2OC(C)(C)C(C)(C)O2)cc1N. The van der Waals surface area contributed by atoms with Gasteiger partial charge in [-0.05, 0) is 58.6 Å². The predicted molar refractivity (Wildman–Crippen MR) is 82.5 cm³/mol. The molecule has 0 bridgehead atoms. The highest BCUT2D eigenvalue weighted by molar-refractivity contribution is 6.62. The van der Waals surface area contributed by atoms with Crippen LogP contribution in [0, 0.1) is 6.92 Å². The average Bonchev–Trinajstić information content (AvgIpc) is 2.53. The molecule has 0 spiro atoms. The fraction of sp³-hybridized carbons (Fsp3) is 0.600. The van der Waals surface area contributed by atoms with Crippen LogP contribution in [0.25, 0.3) is 0 Å². The molecule has 2 N–H and O–H groups in total. The molecule has 20 heavy (non-hydrogen) atoms. The molecule has 1 aromatic rings. The fourth-order valence-electron chi connectivity index (χ4n) is 2.29. The van der Waals surface area contributed by atoms with Crippen LogP contribution in [0.5, 0.6) is 5.75 Å². The first-order chi connectivity index (χ1) is 9.18. The van der Waals surface area contributed by atoms with E-state index in [1.807, 2.05) is 53.7 Å². The van der Waals surface area contributed by atoms with Gasteiger partial charge in [0.1, 0.15) is 5.75 Å². The predicted octanol–water partition coefficient (Wildman–Crippen LogP) is 2.28. The van der Waals surface area contributed by atoms with Gasteiger partial charge in [0, 0.05) is 0 Å². The Morgan fingerprint density at radius 2 is 1.70 bits per heavy atom. The van der Waals surface area contributed by atoms with Gasteiger partial charge in [0.25, 0.3) is 0 Å². The van der Waals surface area contributed by atoms with E-state index < -0.39 is 7.12 Å². The smallest absolute Gasteiger partial charge is 0.491 e. The van der Waals surface area contributed by atoms with Crippen LogP contribution in [0.3, 0.4) is 0 Å². The van der Waals surface area contributed by atoms with E-state index in [9.17, 15) is 0 Å². The molecule has 1 aliphatic heterocycles. The molecule has 0 radical (unpaired) electrons. The Labute approximate surface area is 121 Å². The van der Waals surface area contributed by atoms with Gasteiger partial charge in [-0.2, -0.15) is 0 Å². The third-order valence-electron chi connectivity index (χ3n) is 4.14. The summed E-state index contributed by atoms with van der Waals surface area (Å²) in [6, 6.07) is 3.89.